The molecule has 88 valence electrons. The fourth-order valence-corrected chi connectivity index (χ4v) is 2.30. The van der Waals surface area contributed by atoms with E-state index in [4.69, 9.17) is 0 Å². The van der Waals surface area contributed by atoms with Crippen LogP contribution in [0.2, 0.25) is 0 Å². The number of rotatable bonds is 1. The molecule has 0 saturated heterocycles. The first kappa shape index (κ1) is 11.1. The quantitative estimate of drug-likeness (QED) is 0.761. The van der Waals surface area contributed by atoms with Crippen LogP contribution in [0.1, 0.15) is 20.7 Å². The van der Waals surface area contributed by atoms with Gasteiger partial charge in [-0.3, -0.25) is 14.6 Å². The van der Waals surface area contributed by atoms with Crippen molar-refractivity contribution < 1.29 is 9.59 Å². The minimum atomic E-state index is -0.310. The lowest BCUT2D eigenvalue weighted by Crippen LogP contribution is -2.29. The van der Waals surface area contributed by atoms with Crippen LogP contribution in [-0.2, 0) is 0 Å². The van der Waals surface area contributed by atoms with Crippen LogP contribution in [0.3, 0.4) is 0 Å². The number of fused-ring (bicyclic) bond motifs is 1. The number of halogens is 1. The molecule has 1 aromatic carbocycles. The van der Waals surface area contributed by atoms with Gasteiger partial charge in [0.05, 0.1) is 23.0 Å². The van der Waals surface area contributed by atoms with E-state index in [1.54, 1.807) is 36.5 Å². The van der Waals surface area contributed by atoms with E-state index in [1.807, 2.05) is 0 Å². The van der Waals surface area contributed by atoms with Crippen LogP contribution in [0.15, 0.2) is 47.2 Å². The molecule has 2 aromatic rings. The van der Waals surface area contributed by atoms with Crippen LogP contribution in [0.5, 0.6) is 0 Å². The highest BCUT2D eigenvalue weighted by Gasteiger charge is 2.36. The first-order chi connectivity index (χ1) is 8.68. The van der Waals surface area contributed by atoms with Gasteiger partial charge in [-0.15, -0.1) is 0 Å². The lowest BCUT2D eigenvalue weighted by Gasteiger charge is -2.13. The molecule has 5 heteroatoms. The van der Waals surface area contributed by atoms with Crippen LogP contribution < -0.4 is 4.90 Å². The van der Waals surface area contributed by atoms with Crippen LogP contribution in [-0.4, -0.2) is 16.8 Å². The number of anilines is 1. The first-order valence-corrected chi connectivity index (χ1v) is 6.06. The highest BCUT2D eigenvalue weighted by Crippen LogP contribution is 2.28. The molecule has 0 unspecified atom stereocenters. The van der Waals surface area contributed by atoms with Gasteiger partial charge in [-0.05, 0) is 34.1 Å². The van der Waals surface area contributed by atoms with Gasteiger partial charge in [0.15, 0.2) is 0 Å². The predicted molar refractivity (Wildman–Crippen MR) is 69.5 cm³/mol. The Morgan fingerprint density at radius 2 is 1.61 bits per heavy atom. The molecule has 0 fully saturated rings. The highest BCUT2D eigenvalue weighted by atomic mass is 79.9. The summed E-state index contributed by atoms with van der Waals surface area (Å²) in [7, 11) is 0. The van der Waals surface area contributed by atoms with Crippen molar-refractivity contribution in [2.75, 3.05) is 4.90 Å². The van der Waals surface area contributed by atoms with E-state index >= 15 is 0 Å². The van der Waals surface area contributed by atoms with E-state index in [1.165, 1.54) is 6.20 Å². The number of nitrogens with zero attached hydrogens (tertiary/aromatic N) is 2. The second-order valence-corrected chi connectivity index (χ2v) is 4.77. The van der Waals surface area contributed by atoms with Gasteiger partial charge in [-0.25, -0.2) is 4.90 Å². The molecule has 1 aromatic heterocycles. The van der Waals surface area contributed by atoms with E-state index in [2.05, 4.69) is 20.9 Å². The summed E-state index contributed by atoms with van der Waals surface area (Å²) in [4.78, 5) is 29.5. The SMILES string of the molecule is O=C1c2ccccc2C(=O)N1c1cncc(Br)c1. The summed E-state index contributed by atoms with van der Waals surface area (Å²) in [6.07, 6.45) is 3.09. The van der Waals surface area contributed by atoms with Gasteiger partial charge in [0.1, 0.15) is 0 Å². The summed E-state index contributed by atoms with van der Waals surface area (Å²) in [5, 5.41) is 0. The van der Waals surface area contributed by atoms with Gasteiger partial charge in [-0.2, -0.15) is 0 Å². The number of carbonyl (C=O) groups is 2. The molecule has 2 heterocycles. The Hall–Kier alpha value is -2.01. The van der Waals surface area contributed by atoms with Crippen molar-refractivity contribution in [1.82, 2.24) is 4.98 Å². The van der Waals surface area contributed by atoms with Crippen LogP contribution in [0.4, 0.5) is 5.69 Å². The van der Waals surface area contributed by atoms with E-state index < -0.39 is 0 Å². The first-order valence-electron chi connectivity index (χ1n) is 5.27. The number of pyridine rings is 1. The Morgan fingerprint density at radius 3 is 2.17 bits per heavy atom. The van der Waals surface area contributed by atoms with Gasteiger partial charge >= 0.3 is 0 Å². The van der Waals surface area contributed by atoms with E-state index in [9.17, 15) is 9.59 Å². The molecule has 0 bridgehead atoms. The smallest absolute Gasteiger partial charge is 0.266 e. The summed E-state index contributed by atoms with van der Waals surface area (Å²) in [6.45, 7) is 0. The average molecular weight is 303 g/mol. The Kier molecular flexibility index (Phi) is 2.48. The zero-order chi connectivity index (χ0) is 12.7. The summed E-state index contributed by atoms with van der Waals surface area (Å²) in [5.74, 6) is -0.619. The average Bonchev–Trinajstić information content (AvgIpc) is 2.63. The fourth-order valence-electron chi connectivity index (χ4n) is 1.95. The molecule has 18 heavy (non-hydrogen) atoms. The molecule has 1 aliphatic heterocycles. The Labute approximate surface area is 111 Å². The largest absolute Gasteiger partial charge is 0.268 e. The standard InChI is InChI=1S/C13H7BrN2O2/c14-8-5-9(7-15-6-8)16-12(17)10-3-1-2-4-11(10)13(16)18/h1-7H. The number of amides is 2. The molecule has 0 N–H and O–H groups in total. The maximum atomic E-state index is 12.2. The normalized spacial score (nSPS) is 13.9. The number of benzene rings is 1. The van der Waals surface area contributed by atoms with E-state index in [0.717, 1.165) is 9.37 Å². The minimum absolute atomic E-state index is 0.310. The van der Waals surface area contributed by atoms with Gasteiger partial charge in [-0.1, -0.05) is 12.1 Å². The Balaban J connectivity index is 2.12. The molecule has 4 nitrogen and oxygen atoms in total. The number of imide groups is 1. The van der Waals surface area contributed by atoms with Crippen molar-refractivity contribution in [3.05, 3.63) is 58.3 Å². The lowest BCUT2D eigenvalue weighted by atomic mass is 10.1. The maximum Gasteiger partial charge on any atom is 0.266 e. The molecule has 1 aliphatic rings. The number of aromatic nitrogens is 1. The Morgan fingerprint density at radius 1 is 1.00 bits per heavy atom. The zero-order valence-corrected chi connectivity index (χ0v) is 10.7. The van der Waals surface area contributed by atoms with Gasteiger partial charge in [0, 0.05) is 10.7 Å². The van der Waals surface area contributed by atoms with Gasteiger partial charge < -0.3 is 0 Å². The topological polar surface area (TPSA) is 50.3 Å². The third kappa shape index (κ3) is 1.55. The summed E-state index contributed by atoms with van der Waals surface area (Å²) in [6, 6.07) is 8.48. The lowest BCUT2D eigenvalue weighted by molar-refractivity contribution is 0.0926. The number of carbonyl (C=O) groups excluding carboxylic acids is 2. The molecule has 3 rings (SSSR count). The zero-order valence-electron chi connectivity index (χ0n) is 9.13. The molecule has 0 spiro atoms. The van der Waals surface area contributed by atoms with Crippen molar-refractivity contribution in [3.8, 4) is 0 Å². The molecular formula is C13H7BrN2O2. The molecule has 2 amide bonds. The Bertz CT molecular complexity index is 635. The molecule has 0 aliphatic carbocycles. The molecule has 0 radical (unpaired) electrons. The summed E-state index contributed by atoms with van der Waals surface area (Å²) in [5.41, 5.74) is 1.33. The third-order valence-corrected chi connectivity index (χ3v) is 3.18. The van der Waals surface area contributed by atoms with E-state index in [0.29, 0.717) is 16.8 Å². The van der Waals surface area contributed by atoms with Crippen molar-refractivity contribution in [2.24, 2.45) is 0 Å². The van der Waals surface area contributed by atoms with Crippen molar-refractivity contribution >= 4 is 33.4 Å². The highest BCUT2D eigenvalue weighted by molar-refractivity contribution is 9.10. The van der Waals surface area contributed by atoms with Gasteiger partial charge in [0.2, 0.25) is 0 Å². The number of hydrogen-bond acceptors (Lipinski definition) is 3. The van der Waals surface area contributed by atoms with Crippen molar-refractivity contribution in [2.45, 2.75) is 0 Å². The van der Waals surface area contributed by atoms with Crippen LogP contribution >= 0.6 is 15.9 Å². The second kappa shape index (κ2) is 4.03. The fraction of sp³-hybridized carbons (Fsp3) is 0. The number of hydrogen-bond donors (Lipinski definition) is 0. The second-order valence-electron chi connectivity index (χ2n) is 3.85. The third-order valence-electron chi connectivity index (χ3n) is 2.74. The maximum absolute atomic E-state index is 12.2. The summed E-state index contributed by atoms with van der Waals surface area (Å²) >= 11 is 3.27. The van der Waals surface area contributed by atoms with Crippen LogP contribution in [0, 0.1) is 0 Å². The predicted octanol–water partition coefficient (Wildman–Crippen LogP) is 2.64. The molecular weight excluding hydrogens is 296 g/mol. The monoisotopic (exact) mass is 302 g/mol. The molecule has 0 saturated carbocycles. The van der Waals surface area contributed by atoms with Crippen LogP contribution in [0.25, 0.3) is 0 Å². The van der Waals surface area contributed by atoms with Gasteiger partial charge in [0.25, 0.3) is 11.8 Å². The molecule has 0 atom stereocenters. The summed E-state index contributed by atoms with van der Waals surface area (Å²) < 4.78 is 0.719. The minimum Gasteiger partial charge on any atom is -0.268 e. The van der Waals surface area contributed by atoms with Crippen molar-refractivity contribution in [3.63, 3.8) is 0 Å². The van der Waals surface area contributed by atoms with Crippen molar-refractivity contribution in [1.29, 1.82) is 0 Å². The van der Waals surface area contributed by atoms with E-state index in [-0.39, 0.29) is 11.8 Å².